The fraction of sp³-hybridized carbons (Fsp3) is 1.00. The van der Waals surface area contributed by atoms with Crippen LogP contribution in [0.1, 0.15) is 27.2 Å². The molecule has 1 aliphatic heterocycles. The summed E-state index contributed by atoms with van der Waals surface area (Å²) < 4.78 is 0. The molecule has 1 rings (SSSR count). The molecule has 0 spiro atoms. The highest BCUT2D eigenvalue weighted by Gasteiger charge is 2.30. The summed E-state index contributed by atoms with van der Waals surface area (Å²) >= 11 is 0. The number of likely N-dealkylation sites (N-methyl/N-ethyl adjacent to an activating group) is 1. The molecule has 0 radical (unpaired) electrons. The van der Waals surface area contributed by atoms with Crippen LogP contribution in [0.2, 0.25) is 0 Å². The van der Waals surface area contributed by atoms with E-state index in [1.54, 1.807) is 0 Å². The summed E-state index contributed by atoms with van der Waals surface area (Å²) in [5.41, 5.74) is 0. The van der Waals surface area contributed by atoms with E-state index in [1.807, 2.05) is 0 Å². The molecule has 17 heavy (non-hydrogen) atoms. The Morgan fingerprint density at radius 1 is 1.24 bits per heavy atom. The van der Waals surface area contributed by atoms with Crippen LogP contribution < -0.4 is 5.32 Å². The number of hydrogen-bond acceptors (Lipinski definition) is 3. The van der Waals surface area contributed by atoms with E-state index in [0.29, 0.717) is 0 Å². The van der Waals surface area contributed by atoms with E-state index < -0.39 is 0 Å². The molecule has 0 aromatic rings. The molecule has 2 atom stereocenters. The minimum Gasteiger partial charge on any atom is -0.315 e. The Bertz CT molecular complexity index is 204. The van der Waals surface area contributed by atoms with Gasteiger partial charge in [0, 0.05) is 32.2 Å². The van der Waals surface area contributed by atoms with Gasteiger partial charge in [-0.15, -0.1) is 0 Å². The topological polar surface area (TPSA) is 18.5 Å². The largest absolute Gasteiger partial charge is 0.315 e. The lowest BCUT2D eigenvalue weighted by Crippen LogP contribution is -2.36. The molecular weight excluding hydrogens is 210 g/mol. The first-order chi connectivity index (χ1) is 8.00. The molecule has 3 nitrogen and oxygen atoms in total. The molecule has 0 aliphatic carbocycles. The highest BCUT2D eigenvalue weighted by molar-refractivity contribution is 4.86. The summed E-state index contributed by atoms with van der Waals surface area (Å²) in [5.74, 6) is 1.62. The minimum atomic E-state index is 0.741. The SMILES string of the molecule is CC(C)CCNCCN1CC(C)C(N(C)C)C1. The van der Waals surface area contributed by atoms with E-state index in [1.165, 1.54) is 26.1 Å². The molecule has 1 heterocycles. The second-order valence-electron chi connectivity index (χ2n) is 6.20. The van der Waals surface area contributed by atoms with Crippen molar-refractivity contribution in [3.8, 4) is 0 Å². The highest BCUT2D eigenvalue weighted by Crippen LogP contribution is 2.19. The van der Waals surface area contributed by atoms with Crippen LogP contribution in [0.15, 0.2) is 0 Å². The van der Waals surface area contributed by atoms with Crippen LogP contribution in [0.4, 0.5) is 0 Å². The molecule has 3 heteroatoms. The van der Waals surface area contributed by atoms with Crippen molar-refractivity contribution in [2.24, 2.45) is 11.8 Å². The lowest BCUT2D eigenvalue weighted by molar-refractivity contribution is 0.252. The predicted molar refractivity (Wildman–Crippen MR) is 75.4 cm³/mol. The van der Waals surface area contributed by atoms with E-state index in [9.17, 15) is 0 Å². The first-order valence-corrected chi connectivity index (χ1v) is 7.10. The number of likely N-dealkylation sites (tertiary alicyclic amines) is 1. The third kappa shape index (κ3) is 5.36. The number of nitrogens with one attached hydrogen (secondary N) is 1. The Hall–Kier alpha value is -0.120. The Morgan fingerprint density at radius 2 is 1.94 bits per heavy atom. The summed E-state index contributed by atoms with van der Waals surface area (Å²) in [6.07, 6.45) is 1.29. The number of hydrogen-bond donors (Lipinski definition) is 1. The monoisotopic (exact) mass is 241 g/mol. The molecule has 0 bridgehead atoms. The molecule has 0 saturated carbocycles. The maximum Gasteiger partial charge on any atom is 0.0254 e. The molecule has 0 amide bonds. The van der Waals surface area contributed by atoms with Gasteiger partial charge in [-0.3, -0.25) is 0 Å². The van der Waals surface area contributed by atoms with Crippen LogP contribution in [-0.2, 0) is 0 Å². The summed E-state index contributed by atoms with van der Waals surface area (Å²) in [6.45, 7) is 12.9. The first-order valence-electron chi connectivity index (χ1n) is 7.10. The first kappa shape index (κ1) is 14.9. The minimum absolute atomic E-state index is 0.741. The van der Waals surface area contributed by atoms with Gasteiger partial charge >= 0.3 is 0 Å². The van der Waals surface area contributed by atoms with Crippen molar-refractivity contribution < 1.29 is 0 Å². The van der Waals surface area contributed by atoms with E-state index in [0.717, 1.165) is 31.0 Å². The second kappa shape index (κ2) is 7.34. The van der Waals surface area contributed by atoms with Crippen molar-refractivity contribution in [2.75, 3.05) is 46.8 Å². The van der Waals surface area contributed by atoms with Crippen molar-refractivity contribution >= 4 is 0 Å². The van der Waals surface area contributed by atoms with Gasteiger partial charge in [0.05, 0.1) is 0 Å². The molecule has 0 aromatic heterocycles. The molecular formula is C14H31N3. The summed E-state index contributed by atoms with van der Waals surface area (Å²) in [4.78, 5) is 4.97. The lowest BCUT2D eigenvalue weighted by atomic mass is 10.1. The van der Waals surface area contributed by atoms with Gasteiger partial charge in [-0.2, -0.15) is 0 Å². The maximum atomic E-state index is 3.55. The van der Waals surface area contributed by atoms with E-state index in [2.05, 4.69) is 50.0 Å². The van der Waals surface area contributed by atoms with Crippen LogP contribution >= 0.6 is 0 Å². The third-order valence-corrected chi connectivity index (χ3v) is 3.81. The molecule has 0 aromatic carbocycles. The van der Waals surface area contributed by atoms with Gasteiger partial charge in [0.2, 0.25) is 0 Å². The van der Waals surface area contributed by atoms with E-state index >= 15 is 0 Å². The van der Waals surface area contributed by atoms with Crippen LogP contribution in [0.3, 0.4) is 0 Å². The van der Waals surface area contributed by atoms with E-state index in [-0.39, 0.29) is 0 Å². The molecule has 1 N–H and O–H groups in total. The van der Waals surface area contributed by atoms with Gasteiger partial charge in [-0.1, -0.05) is 20.8 Å². The Labute approximate surface area is 108 Å². The van der Waals surface area contributed by atoms with Crippen molar-refractivity contribution in [1.82, 2.24) is 15.1 Å². The van der Waals surface area contributed by atoms with Crippen LogP contribution in [0.25, 0.3) is 0 Å². The second-order valence-corrected chi connectivity index (χ2v) is 6.20. The van der Waals surface area contributed by atoms with Crippen LogP contribution in [0.5, 0.6) is 0 Å². The zero-order valence-electron chi connectivity index (χ0n) is 12.4. The standard InChI is InChI=1S/C14H31N3/c1-12(2)6-7-15-8-9-17-10-13(3)14(11-17)16(4)5/h12-15H,6-11H2,1-5H3. The van der Waals surface area contributed by atoms with Crippen molar-refractivity contribution in [2.45, 2.75) is 33.2 Å². The smallest absolute Gasteiger partial charge is 0.0254 e. The fourth-order valence-corrected chi connectivity index (χ4v) is 2.66. The molecule has 102 valence electrons. The number of rotatable bonds is 7. The summed E-state index contributed by atoms with van der Waals surface area (Å²) in [7, 11) is 4.40. The predicted octanol–water partition coefficient (Wildman–Crippen LogP) is 1.50. The maximum absolute atomic E-state index is 3.55. The summed E-state index contributed by atoms with van der Waals surface area (Å²) in [5, 5.41) is 3.55. The van der Waals surface area contributed by atoms with Crippen molar-refractivity contribution in [3.63, 3.8) is 0 Å². The fourth-order valence-electron chi connectivity index (χ4n) is 2.66. The van der Waals surface area contributed by atoms with Crippen molar-refractivity contribution in [3.05, 3.63) is 0 Å². The summed E-state index contributed by atoms with van der Waals surface area (Å²) in [6, 6.07) is 0.741. The average molecular weight is 241 g/mol. The van der Waals surface area contributed by atoms with Crippen molar-refractivity contribution in [1.29, 1.82) is 0 Å². The molecule has 1 fully saturated rings. The molecule has 1 aliphatic rings. The lowest BCUT2D eigenvalue weighted by Gasteiger charge is -2.22. The van der Waals surface area contributed by atoms with Gasteiger partial charge in [-0.25, -0.2) is 0 Å². The third-order valence-electron chi connectivity index (χ3n) is 3.81. The van der Waals surface area contributed by atoms with Gasteiger partial charge in [0.1, 0.15) is 0 Å². The van der Waals surface area contributed by atoms with Gasteiger partial charge in [0.25, 0.3) is 0 Å². The molecule has 2 unspecified atom stereocenters. The van der Waals surface area contributed by atoms with Crippen LogP contribution in [-0.4, -0.2) is 62.7 Å². The zero-order valence-corrected chi connectivity index (χ0v) is 12.4. The van der Waals surface area contributed by atoms with Gasteiger partial charge in [-0.05, 0) is 38.9 Å². The van der Waals surface area contributed by atoms with E-state index in [4.69, 9.17) is 0 Å². The Kier molecular flexibility index (Phi) is 6.45. The quantitative estimate of drug-likeness (QED) is 0.682. The zero-order chi connectivity index (χ0) is 12.8. The van der Waals surface area contributed by atoms with Gasteiger partial charge in [0.15, 0.2) is 0 Å². The Balaban J connectivity index is 2.09. The Morgan fingerprint density at radius 3 is 2.47 bits per heavy atom. The average Bonchev–Trinajstić information content (AvgIpc) is 2.59. The van der Waals surface area contributed by atoms with Gasteiger partial charge < -0.3 is 15.1 Å². The highest BCUT2D eigenvalue weighted by atomic mass is 15.2. The molecule has 1 saturated heterocycles. The van der Waals surface area contributed by atoms with Crippen LogP contribution in [0, 0.1) is 11.8 Å². The number of nitrogens with zero attached hydrogens (tertiary/aromatic N) is 2. The normalized spacial score (nSPS) is 26.3.